The minimum Gasteiger partial charge on any atom is -0.497 e. The third-order valence-corrected chi connectivity index (χ3v) is 3.96. The maximum Gasteiger partial charge on any atom is 0.342 e. The summed E-state index contributed by atoms with van der Waals surface area (Å²) < 4.78 is 20.4. The van der Waals surface area contributed by atoms with Crippen LogP contribution in [0, 0.1) is 0 Å². The number of hydrogen-bond acceptors (Lipinski definition) is 6. The molecule has 2 aromatic rings. The van der Waals surface area contributed by atoms with Gasteiger partial charge in [0.2, 0.25) is 0 Å². The van der Waals surface area contributed by atoms with Crippen molar-refractivity contribution in [3.63, 3.8) is 0 Å². The van der Waals surface area contributed by atoms with Crippen LogP contribution in [0.15, 0.2) is 42.5 Å². The Hall–Kier alpha value is -3.22. The fourth-order valence-corrected chi connectivity index (χ4v) is 2.44. The van der Waals surface area contributed by atoms with Gasteiger partial charge in [-0.2, -0.15) is 0 Å². The van der Waals surface area contributed by atoms with E-state index < -0.39 is 18.5 Å². The second-order valence-electron chi connectivity index (χ2n) is 5.70. The summed E-state index contributed by atoms with van der Waals surface area (Å²) in [5, 5.41) is 2.78. The summed E-state index contributed by atoms with van der Waals surface area (Å²) in [6.45, 7) is 1.45. The fourth-order valence-electron chi connectivity index (χ4n) is 2.44. The lowest BCUT2D eigenvalue weighted by Gasteiger charge is -2.15. The van der Waals surface area contributed by atoms with Gasteiger partial charge in [0, 0.05) is 6.07 Å². The molecule has 0 bridgehead atoms. The van der Waals surface area contributed by atoms with E-state index in [4.69, 9.17) is 18.9 Å². The zero-order valence-corrected chi connectivity index (χ0v) is 15.8. The maximum atomic E-state index is 12.2. The van der Waals surface area contributed by atoms with E-state index in [1.54, 1.807) is 19.2 Å². The molecule has 0 radical (unpaired) electrons. The molecule has 0 spiro atoms. The van der Waals surface area contributed by atoms with E-state index >= 15 is 0 Å². The number of hydrogen-bond donors (Lipinski definition) is 1. The number of ether oxygens (including phenoxy) is 4. The molecule has 0 saturated carbocycles. The van der Waals surface area contributed by atoms with E-state index in [1.165, 1.54) is 20.3 Å². The average Bonchev–Trinajstić information content (AvgIpc) is 2.71. The van der Waals surface area contributed by atoms with Crippen molar-refractivity contribution in [2.45, 2.75) is 13.0 Å². The predicted molar refractivity (Wildman–Crippen MR) is 99.4 cm³/mol. The van der Waals surface area contributed by atoms with Crippen LogP contribution in [0.4, 0.5) is 0 Å². The van der Waals surface area contributed by atoms with E-state index in [1.807, 2.05) is 31.2 Å². The van der Waals surface area contributed by atoms with Crippen molar-refractivity contribution in [3.8, 4) is 17.2 Å². The second-order valence-corrected chi connectivity index (χ2v) is 5.70. The predicted octanol–water partition coefficient (Wildman–Crippen LogP) is 2.75. The highest BCUT2D eigenvalue weighted by Gasteiger charge is 2.17. The first-order valence-electron chi connectivity index (χ1n) is 8.31. The molecule has 0 fully saturated rings. The Labute approximate surface area is 158 Å². The highest BCUT2D eigenvalue weighted by molar-refractivity contribution is 5.94. The first kappa shape index (κ1) is 20.1. The van der Waals surface area contributed by atoms with Crippen LogP contribution < -0.4 is 19.5 Å². The van der Waals surface area contributed by atoms with Gasteiger partial charge in [-0.1, -0.05) is 12.1 Å². The molecule has 27 heavy (non-hydrogen) atoms. The molecule has 0 aliphatic carbocycles. The van der Waals surface area contributed by atoms with Gasteiger partial charge in [-0.05, 0) is 36.8 Å². The Balaban J connectivity index is 1.91. The van der Waals surface area contributed by atoms with Crippen molar-refractivity contribution >= 4 is 11.9 Å². The standard InChI is InChI=1S/C20H23NO6/c1-13(14-5-7-15(24-2)8-6-14)21-19(22)12-27-20(23)17-10-9-16(25-3)11-18(17)26-4/h5-11,13H,12H2,1-4H3,(H,21,22). The highest BCUT2D eigenvalue weighted by atomic mass is 16.5. The van der Waals surface area contributed by atoms with Crippen molar-refractivity contribution in [1.29, 1.82) is 0 Å². The van der Waals surface area contributed by atoms with Crippen LogP contribution in [-0.2, 0) is 9.53 Å². The van der Waals surface area contributed by atoms with Crippen molar-refractivity contribution in [3.05, 3.63) is 53.6 Å². The summed E-state index contributed by atoms with van der Waals surface area (Å²) in [5.74, 6) is 0.543. The minimum absolute atomic E-state index is 0.217. The molecule has 7 heteroatoms. The van der Waals surface area contributed by atoms with E-state index in [0.717, 1.165) is 11.3 Å². The normalized spacial score (nSPS) is 11.3. The van der Waals surface area contributed by atoms with E-state index in [9.17, 15) is 9.59 Å². The topological polar surface area (TPSA) is 83.1 Å². The van der Waals surface area contributed by atoms with Gasteiger partial charge in [0.15, 0.2) is 6.61 Å². The number of amides is 1. The van der Waals surface area contributed by atoms with Crippen LogP contribution in [0.2, 0.25) is 0 Å². The second kappa shape index (κ2) is 9.47. The van der Waals surface area contributed by atoms with Crippen LogP contribution in [-0.4, -0.2) is 39.8 Å². The number of carbonyl (C=O) groups is 2. The zero-order chi connectivity index (χ0) is 19.8. The summed E-state index contributed by atoms with van der Waals surface area (Å²) in [6.07, 6.45) is 0. The van der Waals surface area contributed by atoms with Gasteiger partial charge < -0.3 is 24.3 Å². The van der Waals surface area contributed by atoms with E-state index in [2.05, 4.69) is 5.32 Å². The number of esters is 1. The number of methoxy groups -OCH3 is 3. The van der Waals surface area contributed by atoms with Crippen LogP contribution in [0.3, 0.4) is 0 Å². The lowest BCUT2D eigenvalue weighted by Crippen LogP contribution is -2.31. The average molecular weight is 373 g/mol. The van der Waals surface area contributed by atoms with Gasteiger partial charge in [-0.15, -0.1) is 0 Å². The third kappa shape index (κ3) is 5.37. The van der Waals surface area contributed by atoms with Crippen molar-refractivity contribution in [2.24, 2.45) is 0 Å². The Morgan fingerprint density at radius 1 is 0.926 bits per heavy atom. The van der Waals surface area contributed by atoms with Crippen LogP contribution in [0.1, 0.15) is 28.9 Å². The van der Waals surface area contributed by atoms with Gasteiger partial charge in [0.05, 0.1) is 27.4 Å². The molecule has 0 aliphatic heterocycles. The first-order chi connectivity index (χ1) is 13.0. The Morgan fingerprint density at radius 2 is 1.56 bits per heavy atom. The summed E-state index contributed by atoms with van der Waals surface area (Å²) >= 11 is 0. The first-order valence-corrected chi connectivity index (χ1v) is 8.31. The van der Waals surface area contributed by atoms with Gasteiger partial charge >= 0.3 is 5.97 Å². The summed E-state index contributed by atoms with van der Waals surface area (Å²) in [6, 6.07) is 11.8. The van der Waals surface area contributed by atoms with Gasteiger partial charge in [0.1, 0.15) is 22.8 Å². The lowest BCUT2D eigenvalue weighted by atomic mass is 10.1. The summed E-state index contributed by atoms with van der Waals surface area (Å²) in [5.41, 5.74) is 1.13. The van der Waals surface area contributed by atoms with Crippen LogP contribution >= 0.6 is 0 Å². The van der Waals surface area contributed by atoms with Crippen LogP contribution in [0.5, 0.6) is 17.2 Å². The highest BCUT2D eigenvalue weighted by Crippen LogP contribution is 2.25. The molecule has 7 nitrogen and oxygen atoms in total. The molecule has 2 rings (SSSR count). The summed E-state index contributed by atoms with van der Waals surface area (Å²) in [4.78, 5) is 24.3. The van der Waals surface area contributed by atoms with Crippen molar-refractivity contribution in [2.75, 3.05) is 27.9 Å². The number of rotatable bonds is 8. The molecule has 1 N–H and O–H groups in total. The lowest BCUT2D eigenvalue weighted by molar-refractivity contribution is -0.124. The van der Waals surface area contributed by atoms with Gasteiger partial charge in [0.25, 0.3) is 5.91 Å². The third-order valence-electron chi connectivity index (χ3n) is 3.96. The molecule has 0 saturated heterocycles. The van der Waals surface area contributed by atoms with Crippen molar-refractivity contribution < 1.29 is 28.5 Å². The molecule has 144 valence electrons. The zero-order valence-electron chi connectivity index (χ0n) is 15.8. The number of benzene rings is 2. The molecular weight excluding hydrogens is 350 g/mol. The molecule has 1 atom stereocenters. The molecule has 2 aromatic carbocycles. The molecular formula is C20H23NO6. The number of nitrogens with one attached hydrogen (secondary N) is 1. The molecule has 0 aromatic heterocycles. The van der Waals surface area contributed by atoms with E-state index in [0.29, 0.717) is 11.5 Å². The van der Waals surface area contributed by atoms with E-state index in [-0.39, 0.29) is 11.6 Å². The Morgan fingerprint density at radius 3 is 2.15 bits per heavy atom. The minimum atomic E-state index is -0.651. The Kier molecular flexibility index (Phi) is 7.05. The van der Waals surface area contributed by atoms with Gasteiger partial charge in [-0.3, -0.25) is 4.79 Å². The monoisotopic (exact) mass is 373 g/mol. The SMILES string of the molecule is COc1ccc(C(C)NC(=O)COC(=O)c2ccc(OC)cc2OC)cc1. The van der Waals surface area contributed by atoms with Gasteiger partial charge in [-0.25, -0.2) is 4.79 Å². The fraction of sp³-hybridized carbons (Fsp3) is 0.300. The Bertz CT molecular complexity index is 788. The molecule has 0 aliphatic rings. The molecule has 1 amide bonds. The molecule has 1 unspecified atom stereocenters. The smallest absolute Gasteiger partial charge is 0.342 e. The quantitative estimate of drug-likeness (QED) is 0.717. The maximum absolute atomic E-state index is 12.2. The largest absolute Gasteiger partial charge is 0.497 e. The summed E-state index contributed by atoms with van der Waals surface area (Å²) in [7, 11) is 4.54. The van der Waals surface area contributed by atoms with Crippen LogP contribution in [0.25, 0.3) is 0 Å². The van der Waals surface area contributed by atoms with Crippen molar-refractivity contribution in [1.82, 2.24) is 5.32 Å². The molecule has 0 heterocycles. The number of carbonyl (C=O) groups excluding carboxylic acids is 2.